The summed E-state index contributed by atoms with van der Waals surface area (Å²) in [7, 11) is 0. The van der Waals surface area contributed by atoms with Crippen LogP contribution in [0.3, 0.4) is 0 Å². The van der Waals surface area contributed by atoms with Gasteiger partial charge in [0.05, 0.1) is 12.1 Å². The summed E-state index contributed by atoms with van der Waals surface area (Å²) in [5.74, 6) is 1.07. The maximum Gasteiger partial charge on any atom is 0.0895 e. The predicted molar refractivity (Wildman–Crippen MR) is 106 cm³/mol. The molecule has 1 aromatic rings. The first-order valence-corrected chi connectivity index (χ1v) is 10.2. The number of rotatable bonds is 4. The fraction of sp³-hybridized carbons (Fsp3) is 0.524. The Morgan fingerprint density at radius 1 is 1.38 bits per heavy atom. The molecule has 0 spiro atoms. The number of hydrogen-bond acceptors (Lipinski definition) is 3. The van der Waals surface area contributed by atoms with Gasteiger partial charge in [-0.25, -0.2) is 0 Å². The van der Waals surface area contributed by atoms with Crippen LogP contribution < -0.4 is 5.32 Å². The van der Waals surface area contributed by atoms with E-state index < -0.39 is 0 Å². The van der Waals surface area contributed by atoms with E-state index in [1.54, 1.807) is 11.8 Å². The van der Waals surface area contributed by atoms with Gasteiger partial charge in [0.15, 0.2) is 0 Å². The smallest absolute Gasteiger partial charge is 0.0895 e. The van der Waals surface area contributed by atoms with Gasteiger partial charge in [0.1, 0.15) is 0 Å². The van der Waals surface area contributed by atoms with E-state index in [2.05, 4.69) is 68.8 Å². The van der Waals surface area contributed by atoms with Crippen molar-refractivity contribution in [3.05, 3.63) is 52.5 Å². The van der Waals surface area contributed by atoms with E-state index in [0.717, 1.165) is 13.0 Å². The minimum atomic E-state index is 0.231. The van der Waals surface area contributed by atoms with Crippen molar-refractivity contribution in [3.8, 4) is 0 Å². The Labute approximate surface area is 150 Å². The van der Waals surface area contributed by atoms with Crippen molar-refractivity contribution >= 4 is 17.4 Å². The summed E-state index contributed by atoms with van der Waals surface area (Å²) in [6.07, 6.45) is 11.4. The van der Waals surface area contributed by atoms with Crippen molar-refractivity contribution in [1.82, 2.24) is 0 Å². The maximum absolute atomic E-state index is 6.23. The van der Waals surface area contributed by atoms with Crippen LogP contribution in [0.5, 0.6) is 0 Å². The lowest BCUT2D eigenvalue weighted by atomic mass is 9.79. The lowest BCUT2D eigenvalue weighted by Gasteiger charge is -2.42. The second-order valence-electron chi connectivity index (χ2n) is 7.14. The summed E-state index contributed by atoms with van der Waals surface area (Å²) in [6.45, 7) is 7.54. The highest BCUT2D eigenvalue weighted by molar-refractivity contribution is 8.02. The lowest BCUT2D eigenvalue weighted by molar-refractivity contribution is -0.0331. The van der Waals surface area contributed by atoms with E-state index >= 15 is 0 Å². The lowest BCUT2D eigenvalue weighted by Crippen LogP contribution is -2.40. The second kappa shape index (κ2) is 7.79. The summed E-state index contributed by atoms with van der Waals surface area (Å²) < 4.78 is 6.23. The zero-order chi connectivity index (χ0) is 17.1. The first-order valence-electron chi connectivity index (χ1n) is 9.01. The van der Waals surface area contributed by atoms with Gasteiger partial charge in [-0.05, 0) is 48.5 Å². The van der Waals surface area contributed by atoms with E-state index in [4.69, 9.17) is 4.74 Å². The van der Waals surface area contributed by atoms with E-state index in [-0.39, 0.29) is 6.10 Å². The van der Waals surface area contributed by atoms with Gasteiger partial charge in [0.25, 0.3) is 0 Å². The number of ether oxygens (including phenoxy) is 1. The van der Waals surface area contributed by atoms with Gasteiger partial charge >= 0.3 is 0 Å². The molecule has 1 N–H and O–H groups in total. The molecule has 2 aliphatic heterocycles. The Hall–Kier alpha value is -1.19. The third kappa shape index (κ3) is 3.73. The predicted octanol–water partition coefficient (Wildman–Crippen LogP) is 5.89. The summed E-state index contributed by atoms with van der Waals surface area (Å²) >= 11 is 1.79. The number of fused-ring (bicyclic) bond motifs is 3. The van der Waals surface area contributed by atoms with Crippen LogP contribution in [0.4, 0.5) is 5.69 Å². The number of thioether (sulfide) groups is 1. The van der Waals surface area contributed by atoms with Crippen molar-refractivity contribution in [1.29, 1.82) is 0 Å². The van der Waals surface area contributed by atoms with Crippen molar-refractivity contribution in [2.24, 2.45) is 5.92 Å². The molecule has 3 heteroatoms. The molecule has 2 heterocycles. The molecule has 3 atom stereocenters. The van der Waals surface area contributed by atoms with Crippen molar-refractivity contribution in [2.75, 3.05) is 18.2 Å². The average molecular weight is 344 g/mol. The highest BCUT2D eigenvalue weighted by Gasteiger charge is 2.38. The molecule has 1 aromatic carbocycles. The molecule has 0 aromatic heterocycles. The molecule has 0 saturated carbocycles. The summed E-state index contributed by atoms with van der Waals surface area (Å²) in [5, 5.41) is 3.75. The topological polar surface area (TPSA) is 21.3 Å². The number of allylic oxidation sites excluding steroid dienone is 3. The first kappa shape index (κ1) is 17.6. The molecule has 0 bridgehead atoms. The molecular weight excluding hydrogens is 314 g/mol. The fourth-order valence-corrected chi connectivity index (χ4v) is 3.87. The van der Waals surface area contributed by atoms with Gasteiger partial charge in [-0.1, -0.05) is 44.2 Å². The minimum absolute atomic E-state index is 0.231. The summed E-state index contributed by atoms with van der Waals surface area (Å²) in [4.78, 5) is 1.33. The quantitative estimate of drug-likeness (QED) is 0.688. The van der Waals surface area contributed by atoms with E-state index in [9.17, 15) is 0 Å². The Balaban J connectivity index is 1.89. The largest absolute Gasteiger partial charge is 0.378 e. The normalized spacial score (nSPS) is 27.0. The number of anilines is 1. The Morgan fingerprint density at radius 3 is 2.96 bits per heavy atom. The van der Waals surface area contributed by atoms with Crippen LogP contribution in [-0.4, -0.2) is 18.9 Å². The monoisotopic (exact) mass is 343 g/mol. The number of nitrogens with one attached hydrogen (secondary N) is 1. The highest BCUT2D eigenvalue weighted by Crippen LogP contribution is 2.44. The molecule has 2 aliphatic rings. The number of benzene rings is 1. The molecule has 24 heavy (non-hydrogen) atoms. The van der Waals surface area contributed by atoms with Gasteiger partial charge in [0.2, 0.25) is 0 Å². The van der Waals surface area contributed by atoms with Crippen molar-refractivity contribution in [3.63, 3.8) is 0 Å². The van der Waals surface area contributed by atoms with Gasteiger partial charge in [-0.15, -0.1) is 11.8 Å². The molecule has 1 unspecified atom stereocenters. The molecule has 3 rings (SSSR count). The van der Waals surface area contributed by atoms with E-state index in [0.29, 0.717) is 17.9 Å². The summed E-state index contributed by atoms with van der Waals surface area (Å²) in [6, 6.07) is 7.19. The van der Waals surface area contributed by atoms with Gasteiger partial charge in [-0.3, -0.25) is 0 Å². The standard InChI is InChI=1S/C21H29NOS/c1-14(2)16-10-11-20-18(13-16)21-17(8-6-12-23-21)19(22-20)9-5-7-15(3)24-4/h5,7,9-11,13-14,17,19,21-22H,6,8,12H2,1-4H3/b9-5+,15-7-/t17-,19-,21?/m0/s1. The molecule has 0 amide bonds. The molecule has 1 fully saturated rings. The zero-order valence-corrected chi connectivity index (χ0v) is 16.0. The molecule has 2 nitrogen and oxygen atoms in total. The fourth-order valence-electron chi connectivity index (χ4n) is 3.66. The van der Waals surface area contributed by atoms with Crippen LogP contribution in [0.2, 0.25) is 0 Å². The van der Waals surface area contributed by atoms with Crippen LogP contribution in [-0.2, 0) is 4.74 Å². The van der Waals surface area contributed by atoms with Crippen LogP contribution in [0.1, 0.15) is 56.8 Å². The Bertz CT molecular complexity index is 635. The highest BCUT2D eigenvalue weighted by atomic mass is 32.2. The average Bonchev–Trinajstić information content (AvgIpc) is 2.61. The van der Waals surface area contributed by atoms with Crippen LogP contribution in [0, 0.1) is 5.92 Å². The van der Waals surface area contributed by atoms with Crippen molar-refractivity contribution in [2.45, 2.75) is 51.7 Å². The SMILES string of the molecule is CS/C(C)=C\C=C\[C@@H]1Nc2ccc(C(C)C)cc2C2OCCC[C@H]21. The van der Waals surface area contributed by atoms with Crippen LogP contribution in [0.15, 0.2) is 41.3 Å². The molecule has 130 valence electrons. The maximum atomic E-state index is 6.23. The van der Waals surface area contributed by atoms with E-state index in [1.807, 2.05) is 0 Å². The first-order chi connectivity index (χ1) is 11.6. The minimum Gasteiger partial charge on any atom is -0.378 e. The number of hydrogen-bond donors (Lipinski definition) is 1. The Morgan fingerprint density at radius 2 is 2.21 bits per heavy atom. The second-order valence-corrected chi connectivity index (χ2v) is 8.19. The molecule has 0 radical (unpaired) electrons. The van der Waals surface area contributed by atoms with Gasteiger partial charge in [-0.2, -0.15) is 0 Å². The van der Waals surface area contributed by atoms with E-state index in [1.165, 1.54) is 28.1 Å². The molecular formula is C21H29NOS. The zero-order valence-electron chi connectivity index (χ0n) is 15.2. The Kier molecular flexibility index (Phi) is 5.72. The van der Waals surface area contributed by atoms with Crippen molar-refractivity contribution < 1.29 is 4.74 Å². The third-order valence-corrected chi connectivity index (χ3v) is 5.95. The van der Waals surface area contributed by atoms with Gasteiger partial charge in [0, 0.05) is 23.8 Å². The van der Waals surface area contributed by atoms with Crippen LogP contribution in [0.25, 0.3) is 0 Å². The van der Waals surface area contributed by atoms with Gasteiger partial charge < -0.3 is 10.1 Å². The molecule has 1 saturated heterocycles. The molecule has 0 aliphatic carbocycles. The summed E-state index contributed by atoms with van der Waals surface area (Å²) in [5.41, 5.74) is 3.99. The van der Waals surface area contributed by atoms with Crippen LogP contribution >= 0.6 is 11.8 Å². The third-order valence-electron chi connectivity index (χ3n) is 5.17.